The van der Waals surface area contributed by atoms with Crippen LogP contribution in [0.5, 0.6) is 0 Å². The Morgan fingerprint density at radius 1 is 0.593 bits per heavy atom. The Labute approximate surface area is 482 Å². The molecule has 0 amide bonds. The molecule has 0 radical (unpaired) electrons. The van der Waals surface area contributed by atoms with Crippen molar-refractivity contribution in [1.82, 2.24) is 68.8 Å². The van der Waals surface area contributed by atoms with E-state index in [1.807, 2.05) is 79.7 Å². The molecule has 7 aromatic heterocycles. The van der Waals surface area contributed by atoms with E-state index in [0.717, 1.165) is 11.1 Å². The molecule has 38 nitrogen and oxygen atoms in total. The van der Waals surface area contributed by atoms with Gasteiger partial charge in [0, 0.05) is 52.3 Å². The topological polar surface area (TPSA) is 572 Å². The highest BCUT2D eigenvalue weighted by molar-refractivity contribution is 7.79. The second-order valence-electron chi connectivity index (χ2n) is 17.2. The molecule has 0 unspecified atom stereocenters. The van der Waals surface area contributed by atoms with E-state index in [2.05, 4.69) is 54.8 Å². The van der Waals surface area contributed by atoms with Crippen LogP contribution >= 0.6 is 0 Å². The van der Waals surface area contributed by atoms with Crippen LogP contribution in [0.15, 0.2) is 125 Å². The number of nitrogens with two attached hydrogens (primary N) is 3. The van der Waals surface area contributed by atoms with Crippen LogP contribution in [0.25, 0.3) is 22.1 Å². The van der Waals surface area contributed by atoms with Crippen molar-refractivity contribution in [2.45, 2.75) is 33.9 Å². The highest BCUT2D eigenvalue weighted by Crippen LogP contribution is 2.18. The van der Waals surface area contributed by atoms with E-state index < -0.39 is 47.8 Å². The Balaban J connectivity index is 0.000000282. The summed E-state index contributed by atoms with van der Waals surface area (Å²) in [6, 6.07) is 23.8. The van der Waals surface area contributed by atoms with Gasteiger partial charge in [0.2, 0.25) is 29.7 Å². The number of nitro groups is 2. The van der Waals surface area contributed by atoms with Crippen LogP contribution in [0.1, 0.15) is 28.2 Å². The van der Waals surface area contributed by atoms with E-state index in [-0.39, 0.29) is 58.4 Å². The second-order valence-corrected chi connectivity index (χ2v) is 18.1. The molecule has 7 heterocycles. The molecule has 0 bridgehead atoms. The number of fused-ring (bicyclic) bond motifs is 2. The molecule has 0 aliphatic rings. The summed E-state index contributed by atoms with van der Waals surface area (Å²) in [4.78, 5) is 130. The van der Waals surface area contributed by atoms with Crippen molar-refractivity contribution in [3.05, 3.63) is 202 Å². The molecule has 0 atom stereocenters. The van der Waals surface area contributed by atoms with Crippen LogP contribution in [0.4, 0.5) is 41.1 Å². The molecule has 2 aromatic carbocycles. The lowest BCUT2D eigenvalue weighted by Gasteiger charge is -2.11. The first kappa shape index (κ1) is 68.4. The fourth-order valence-corrected chi connectivity index (χ4v) is 6.61. The van der Waals surface area contributed by atoms with Gasteiger partial charge in [-0.2, -0.15) is 8.42 Å². The number of aromatic amines is 5. The summed E-state index contributed by atoms with van der Waals surface area (Å²) in [5, 5.41) is 35.0. The highest BCUT2D eigenvalue weighted by Gasteiger charge is 2.23. The molecule has 0 aliphatic heterocycles. The predicted octanol–water partition coefficient (Wildman–Crippen LogP) is 1.79. The van der Waals surface area contributed by atoms with Gasteiger partial charge in [-0.3, -0.25) is 77.4 Å². The number of H-pyrrole nitrogens is 5. The van der Waals surface area contributed by atoms with Gasteiger partial charge in [0.15, 0.2) is 0 Å². The van der Waals surface area contributed by atoms with E-state index in [4.69, 9.17) is 50.0 Å². The minimum absolute atomic E-state index is 0.0150. The normalized spacial score (nSPS) is 10.5. The van der Waals surface area contributed by atoms with Gasteiger partial charge in [-0.1, -0.05) is 60.7 Å². The number of nitrogens with one attached hydrogen (secondary N) is 5. The van der Waals surface area contributed by atoms with E-state index in [1.54, 1.807) is 66.3 Å². The largest absolute Gasteiger partial charge is 0.394 e. The number of rotatable bonds is 10. The van der Waals surface area contributed by atoms with Gasteiger partial charge in [0.05, 0.1) is 46.6 Å². The van der Waals surface area contributed by atoms with Crippen LogP contribution in [-0.4, -0.2) is 147 Å². The number of nitrogen functional groups attached to an aromatic ring is 3. The van der Waals surface area contributed by atoms with Crippen LogP contribution in [0.3, 0.4) is 0 Å². The van der Waals surface area contributed by atoms with Gasteiger partial charge in [0.25, 0.3) is 21.8 Å². The number of hydrogen-bond acceptors (Lipinski definition) is 23. The SMILES string of the molecule is CN(C)C=Nc1nc2cc[nH]c2c(=O)n1Cc1ccccc1.Cc1cc(=O)[nH]c(N)n1.Cc1nc(N)[nH]c(=O)c1[N+](=O)[O-].Cc1nc(N=CN(C)C)n(Cc2ccccc2)c(=O)c1[N+](=O)[O-].Nc1nc2cc[nH]c2c(=O)[nH]1.O=S(=O)(O)O.O=[N+]([O-])O. The standard InChI is InChI=1S/C16H17N5O.C15H17N5O3.C6H6N4O.C5H6N4O3.C5H7N3O.HNO3.H2O4S/c1-20(2)11-18-16-19-13-8-9-17-14(13)15(22)21(16)10-12-6-4-3-5-7-12;1-11-13(20(22)23)14(21)19(9-12-7-5-4-6-8-12)15(17-11)16-10-18(2)3;7-6-9-3-1-2-8-4(3)5(11)10-6;1-2-3(9(11)12)4(10)8-5(6)7-2;1-3-2-4(9)8-5(6)7-3;2-1(3)4;1-5(2,3)4/h3-9,11,17H,10H2,1-2H3;4-8,10H,9H2,1-3H3;1-2,8H,(H3,7,9,10,11);1H3,(H3,6,7,8,10);2H,1H3,(H3,6,7,8,9);(H,2,3,4);(H2,1,2,3,4). The average molecular weight is 1220 g/mol. The highest BCUT2D eigenvalue weighted by atomic mass is 32.3. The lowest BCUT2D eigenvalue weighted by molar-refractivity contribution is -0.742. The van der Waals surface area contributed by atoms with Gasteiger partial charge in [0.1, 0.15) is 22.4 Å². The van der Waals surface area contributed by atoms with Crippen molar-refractivity contribution in [2.24, 2.45) is 9.98 Å². The Kier molecular flexibility index (Phi) is 25.4. The van der Waals surface area contributed by atoms with Crippen LogP contribution in [-0.2, 0) is 23.5 Å². The molecular formula is C47H56N22O16S. The first-order valence-corrected chi connectivity index (χ1v) is 25.2. The zero-order chi connectivity index (χ0) is 64.6. The quantitative estimate of drug-likeness (QED) is 0.0306. The number of aryl methyl sites for hydroxylation is 3. The monoisotopic (exact) mass is 1220 g/mol. The number of hydrogen-bond donors (Lipinski definition) is 11. The van der Waals surface area contributed by atoms with Gasteiger partial charge in [-0.05, 0) is 44.0 Å². The minimum Gasteiger partial charge on any atom is -0.369 e. The predicted molar refractivity (Wildman–Crippen MR) is 314 cm³/mol. The average Bonchev–Trinajstić information content (AvgIpc) is 1.97. The Morgan fingerprint density at radius 3 is 1.44 bits per heavy atom. The van der Waals surface area contributed by atoms with Crippen molar-refractivity contribution in [3.63, 3.8) is 0 Å². The third-order valence-electron chi connectivity index (χ3n) is 9.90. The third-order valence-corrected chi connectivity index (χ3v) is 9.90. The first-order chi connectivity index (χ1) is 40.2. The van der Waals surface area contributed by atoms with Crippen molar-refractivity contribution in [2.75, 3.05) is 45.4 Å². The molecule has 0 saturated carbocycles. The van der Waals surface area contributed by atoms with Gasteiger partial charge in [-0.15, -0.1) is 10.1 Å². The summed E-state index contributed by atoms with van der Waals surface area (Å²) in [6.07, 6.45) is 6.49. The molecule has 456 valence electrons. The van der Waals surface area contributed by atoms with Crippen LogP contribution < -0.4 is 45.0 Å². The molecule has 9 rings (SSSR count). The summed E-state index contributed by atoms with van der Waals surface area (Å²) < 4.78 is 34.4. The van der Waals surface area contributed by atoms with Crippen molar-refractivity contribution >= 4 is 86.3 Å². The number of aliphatic imine (C=N–C) groups is 2. The van der Waals surface area contributed by atoms with Gasteiger partial charge < -0.3 is 42.2 Å². The number of aromatic nitrogens is 12. The summed E-state index contributed by atoms with van der Waals surface area (Å²) in [6.45, 7) is 5.09. The van der Waals surface area contributed by atoms with Crippen molar-refractivity contribution in [3.8, 4) is 0 Å². The maximum absolute atomic E-state index is 12.7. The molecule has 86 heavy (non-hydrogen) atoms. The fraction of sp³-hybridized carbons (Fsp3) is 0.191. The minimum atomic E-state index is -4.67. The number of benzene rings is 2. The Morgan fingerprint density at radius 2 is 1.00 bits per heavy atom. The third kappa shape index (κ3) is 22.9. The second kappa shape index (κ2) is 31.9. The van der Waals surface area contributed by atoms with E-state index in [0.29, 0.717) is 40.3 Å². The van der Waals surface area contributed by atoms with Gasteiger partial charge >= 0.3 is 32.9 Å². The van der Waals surface area contributed by atoms with E-state index in [9.17, 15) is 44.2 Å². The Hall–Kier alpha value is -11.9. The molecule has 0 aliphatic carbocycles. The molecule has 0 saturated heterocycles. The summed E-state index contributed by atoms with van der Waals surface area (Å²) in [5.41, 5.74) is 17.2. The number of anilines is 3. The first-order valence-electron chi connectivity index (χ1n) is 23.8. The van der Waals surface area contributed by atoms with Crippen LogP contribution in [0, 0.1) is 51.1 Å². The molecule has 0 spiro atoms. The fourth-order valence-electron chi connectivity index (χ4n) is 6.61. The molecule has 0 fully saturated rings. The van der Waals surface area contributed by atoms with Crippen molar-refractivity contribution in [1.29, 1.82) is 0 Å². The smallest absolute Gasteiger partial charge is 0.369 e. The van der Waals surface area contributed by atoms with Crippen molar-refractivity contribution < 1.29 is 37.7 Å². The molecular weight excluding hydrogens is 1160 g/mol. The van der Waals surface area contributed by atoms with Crippen LogP contribution in [0.2, 0.25) is 0 Å². The maximum Gasteiger partial charge on any atom is 0.394 e. The van der Waals surface area contributed by atoms with E-state index in [1.165, 1.54) is 30.8 Å². The molecule has 14 N–H and O–H groups in total. The zero-order valence-electron chi connectivity index (χ0n) is 46.3. The number of nitrogens with zero attached hydrogens (tertiary/aromatic N) is 14. The summed E-state index contributed by atoms with van der Waals surface area (Å²) in [5.74, 6) is 0.718. The molecule has 9 aromatic rings. The Bertz CT molecular complexity index is 4240. The van der Waals surface area contributed by atoms with Gasteiger partial charge in [-0.25, -0.2) is 34.9 Å². The molecule has 39 heteroatoms. The maximum atomic E-state index is 12.7. The lowest BCUT2D eigenvalue weighted by Crippen LogP contribution is -2.26. The summed E-state index contributed by atoms with van der Waals surface area (Å²) >= 11 is 0. The zero-order valence-corrected chi connectivity index (χ0v) is 47.1. The van der Waals surface area contributed by atoms with E-state index >= 15 is 0 Å². The summed E-state index contributed by atoms with van der Waals surface area (Å²) in [7, 11) is 2.64. The lowest BCUT2D eigenvalue weighted by atomic mass is 10.2.